The van der Waals surface area contributed by atoms with Gasteiger partial charge in [-0.05, 0) is 56.9 Å². The van der Waals surface area contributed by atoms with Gasteiger partial charge in [-0.3, -0.25) is 4.79 Å². The number of benzene rings is 1. The van der Waals surface area contributed by atoms with Gasteiger partial charge >= 0.3 is 5.97 Å². The predicted octanol–water partition coefficient (Wildman–Crippen LogP) is 2.75. The quantitative estimate of drug-likeness (QED) is 0.845. The first-order valence-corrected chi connectivity index (χ1v) is 10.5. The van der Waals surface area contributed by atoms with E-state index in [0.29, 0.717) is 17.9 Å². The highest BCUT2D eigenvalue weighted by molar-refractivity contribution is 7.99. The molecule has 0 saturated carbocycles. The van der Waals surface area contributed by atoms with Crippen molar-refractivity contribution in [2.75, 3.05) is 11.5 Å². The molecular weight excluding hydrogens is 362 g/mol. The van der Waals surface area contributed by atoms with Crippen LogP contribution in [0, 0.1) is 6.92 Å². The summed E-state index contributed by atoms with van der Waals surface area (Å²) in [5.41, 5.74) is 3.33. The Morgan fingerprint density at radius 3 is 2.63 bits per heavy atom. The third-order valence-electron chi connectivity index (χ3n) is 5.46. The number of carboxylic acid groups (broad SMARTS) is 1. The van der Waals surface area contributed by atoms with Gasteiger partial charge in [0.05, 0.1) is 5.69 Å². The zero-order valence-electron chi connectivity index (χ0n) is 15.3. The van der Waals surface area contributed by atoms with E-state index in [-0.39, 0.29) is 5.91 Å². The summed E-state index contributed by atoms with van der Waals surface area (Å²) in [6.07, 6.45) is 4.22. The van der Waals surface area contributed by atoms with Gasteiger partial charge in [0.15, 0.2) is 5.69 Å². The highest BCUT2D eigenvalue weighted by Crippen LogP contribution is 2.31. The van der Waals surface area contributed by atoms with Gasteiger partial charge in [-0.1, -0.05) is 17.7 Å². The second kappa shape index (κ2) is 7.03. The molecule has 2 N–H and O–H groups in total. The molecule has 1 aliphatic carbocycles. The lowest BCUT2D eigenvalue weighted by molar-refractivity contribution is -0.143. The lowest BCUT2D eigenvalue weighted by Crippen LogP contribution is -2.55. The largest absolute Gasteiger partial charge is 0.479 e. The van der Waals surface area contributed by atoms with Gasteiger partial charge in [-0.15, -0.1) is 0 Å². The van der Waals surface area contributed by atoms with Crippen molar-refractivity contribution in [3.8, 4) is 5.69 Å². The van der Waals surface area contributed by atoms with Gasteiger partial charge in [-0.25, -0.2) is 9.48 Å². The summed E-state index contributed by atoms with van der Waals surface area (Å²) >= 11 is 1.56. The molecule has 1 saturated heterocycles. The molecule has 2 aromatic rings. The zero-order chi connectivity index (χ0) is 19.0. The van der Waals surface area contributed by atoms with Crippen LogP contribution in [0.5, 0.6) is 0 Å². The topological polar surface area (TPSA) is 84.2 Å². The fourth-order valence-corrected chi connectivity index (χ4v) is 5.17. The third kappa shape index (κ3) is 3.25. The van der Waals surface area contributed by atoms with E-state index in [1.165, 1.54) is 5.56 Å². The van der Waals surface area contributed by atoms with Gasteiger partial charge in [0, 0.05) is 17.0 Å². The number of nitrogens with one attached hydrogen (secondary N) is 1. The standard InChI is InChI=1S/C20H23N3O3S/c1-13-6-8-14(9-7-13)23-16-5-3-2-4-15(16)17(22-23)18(24)21-20(19(25)26)10-11-27-12-20/h6-9H,2-5,10-12H2,1H3,(H,21,24)(H,25,26). The highest BCUT2D eigenvalue weighted by Gasteiger charge is 2.44. The minimum atomic E-state index is -1.18. The maximum absolute atomic E-state index is 13.0. The first-order valence-electron chi connectivity index (χ1n) is 9.32. The molecule has 1 aromatic heterocycles. The Morgan fingerprint density at radius 1 is 1.22 bits per heavy atom. The summed E-state index contributed by atoms with van der Waals surface area (Å²) in [6, 6.07) is 8.07. The highest BCUT2D eigenvalue weighted by atomic mass is 32.2. The molecule has 142 valence electrons. The second-order valence-electron chi connectivity index (χ2n) is 7.37. The number of thioether (sulfide) groups is 1. The Hall–Kier alpha value is -2.28. The monoisotopic (exact) mass is 385 g/mol. The number of carbonyl (C=O) groups excluding carboxylic acids is 1. The lowest BCUT2D eigenvalue weighted by Gasteiger charge is -2.24. The predicted molar refractivity (Wildman–Crippen MR) is 105 cm³/mol. The van der Waals surface area contributed by atoms with Crippen molar-refractivity contribution in [3.05, 3.63) is 46.8 Å². The molecule has 27 heavy (non-hydrogen) atoms. The summed E-state index contributed by atoms with van der Waals surface area (Å²) in [5, 5.41) is 17.1. The molecule has 1 amide bonds. The molecule has 0 radical (unpaired) electrons. The second-order valence-corrected chi connectivity index (χ2v) is 8.48. The molecule has 1 aliphatic heterocycles. The maximum Gasteiger partial charge on any atom is 0.330 e. The molecule has 4 rings (SSSR count). The van der Waals surface area contributed by atoms with Crippen molar-refractivity contribution in [3.63, 3.8) is 0 Å². The number of hydrogen-bond acceptors (Lipinski definition) is 4. The normalized spacial score (nSPS) is 21.7. The summed E-state index contributed by atoms with van der Waals surface area (Å²) in [6.45, 7) is 2.03. The summed E-state index contributed by atoms with van der Waals surface area (Å²) in [5.74, 6) is -0.200. The van der Waals surface area contributed by atoms with Crippen LogP contribution in [0.15, 0.2) is 24.3 Å². The molecule has 1 aromatic carbocycles. The molecule has 0 bridgehead atoms. The molecular formula is C20H23N3O3S. The lowest BCUT2D eigenvalue weighted by atomic mass is 9.94. The van der Waals surface area contributed by atoms with Crippen molar-refractivity contribution >= 4 is 23.6 Å². The molecule has 2 aliphatic rings. The Kier molecular flexibility index (Phi) is 4.72. The Balaban J connectivity index is 1.71. The summed E-state index contributed by atoms with van der Waals surface area (Å²) in [7, 11) is 0. The van der Waals surface area contributed by atoms with E-state index >= 15 is 0 Å². The van der Waals surface area contributed by atoms with E-state index in [9.17, 15) is 14.7 Å². The Bertz CT molecular complexity index is 883. The molecule has 1 unspecified atom stereocenters. The van der Waals surface area contributed by atoms with Gasteiger partial charge in [-0.2, -0.15) is 16.9 Å². The Labute approximate surface area is 162 Å². The van der Waals surface area contributed by atoms with Crippen LogP contribution in [0.1, 0.15) is 46.6 Å². The van der Waals surface area contributed by atoms with E-state index in [4.69, 9.17) is 0 Å². The van der Waals surface area contributed by atoms with Crippen LogP contribution in [0.4, 0.5) is 0 Å². The number of amides is 1. The van der Waals surface area contributed by atoms with Gasteiger partial charge in [0.25, 0.3) is 5.91 Å². The number of carbonyl (C=O) groups is 2. The fourth-order valence-electron chi connectivity index (χ4n) is 3.84. The number of aryl methyl sites for hydroxylation is 1. The number of aliphatic carboxylic acids is 1. The smallest absolute Gasteiger partial charge is 0.330 e. The van der Waals surface area contributed by atoms with Crippen LogP contribution in [-0.4, -0.2) is 43.8 Å². The van der Waals surface area contributed by atoms with E-state index in [1.54, 1.807) is 11.8 Å². The maximum atomic E-state index is 13.0. The molecule has 2 heterocycles. The first kappa shape index (κ1) is 18.1. The molecule has 1 atom stereocenters. The number of aromatic nitrogens is 2. The van der Waals surface area contributed by atoms with Crippen molar-refractivity contribution in [1.29, 1.82) is 0 Å². The fraction of sp³-hybridized carbons (Fsp3) is 0.450. The van der Waals surface area contributed by atoms with Crippen molar-refractivity contribution in [1.82, 2.24) is 15.1 Å². The average molecular weight is 385 g/mol. The van der Waals surface area contributed by atoms with Gasteiger partial charge < -0.3 is 10.4 Å². The number of fused-ring (bicyclic) bond motifs is 1. The van der Waals surface area contributed by atoms with Crippen LogP contribution in [0.2, 0.25) is 0 Å². The van der Waals surface area contributed by atoms with Crippen molar-refractivity contribution < 1.29 is 14.7 Å². The van der Waals surface area contributed by atoms with Crippen LogP contribution < -0.4 is 5.32 Å². The number of rotatable bonds is 4. The SMILES string of the molecule is Cc1ccc(-n2nc(C(=O)NC3(C(=O)O)CCSC3)c3c2CCCC3)cc1. The van der Waals surface area contributed by atoms with E-state index in [1.807, 2.05) is 35.9 Å². The average Bonchev–Trinajstić information content (AvgIpc) is 3.28. The number of nitrogens with zero attached hydrogens (tertiary/aromatic N) is 2. The number of hydrogen-bond donors (Lipinski definition) is 2. The molecule has 7 heteroatoms. The summed E-state index contributed by atoms with van der Waals surface area (Å²) < 4.78 is 1.86. The van der Waals surface area contributed by atoms with Crippen LogP contribution >= 0.6 is 11.8 Å². The van der Waals surface area contributed by atoms with E-state index in [2.05, 4.69) is 10.4 Å². The number of carboxylic acids is 1. The van der Waals surface area contributed by atoms with Crippen molar-refractivity contribution in [2.45, 2.75) is 44.6 Å². The Morgan fingerprint density at radius 2 is 1.96 bits per heavy atom. The van der Waals surface area contributed by atoms with Crippen LogP contribution in [0.3, 0.4) is 0 Å². The van der Waals surface area contributed by atoms with E-state index < -0.39 is 11.5 Å². The first-order chi connectivity index (χ1) is 13.0. The molecule has 1 fully saturated rings. The minimum absolute atomic E-state index is 0.371. The van der Waals surface area contributed by atoms with E-state index in [0.717, 1.165) is 48.4 Å². The van der Waals surface area contributed by atoms with Crippen LogP contribution in [-0.2, 0) is 17.6 Å². The zero-order valence-corrected chi connectivity index (χ0v) is 16.1. The molecule has 6 nitrogen and oxygen atoms in total. The molecule has 0 spiro atoms. The minimum Gasteiger partial charge on any atom is -0.479 e. The van der Waals surface area contributed by atoms with Crippen LogP contribution in [0.25, 0.3) is 5.69 Å². The third-order valence-corrected chi connectivity index (χ3v) is 6.65. The van der Waals surface area contributed by atoms with Gasteiger partial charge in [0.1, 0.15) is 5.54 Å². The van der Waals surface area contributed by atoms with Crippen molar-refractivity contribution in [2.24, 2.45) is 0 Å². The summed E-state index contributed by atoms with van der Waals surface area (Å²) in [4.78, 5) is 24.8. The van der Waals surface area contributed by atoms with Gasteiger partial charge in [0.2, 0.25) is 0 Å².